The van der Waals surface area contributed by atoms with Gasteiger partial charge in [-0.1, -0.05) is 46.3 Å². The highest BCUT2D eigenvalue weighted by molar-refractivity contribution is 9.10. The minimum atomic E-state index is -0.965. The predicted molar refractivity (Wildman–Crippen MR) is 141 cm³/mol. The van der Waals surface area contributed by atoms with Crippen molar-refractivity contribution in [3.8, 4) is 0 Å². The number of para-hydroxylation sites is 1. The molecule has 2 fully saturated rings. The van der Waals surface area contributed by atoms with Gasteiger partial charge in [0.25, 0.3) is 5.69 Å². The molecule has 3 aliphatic heterocycles. The van der Waals surface area contributed by atoms with Gasteiger partial charge in [0.05, 0.1) is 28.5 Å². The Kier molecular flexibility index (Phi) is 5.41. The number of rotatable bonds is 4. The van der Waals surface area contributed by atoms with Crippen molar-refractivity contribution in [1.29, 1.82) is 0 Å². The molecule has 0 aromatic heterocycles. The van der Waals surface area contributed by atoms with E-state index >= 15 is 0 Å². The highest BCUT2D eigenvalue weighted by atomic mass is 79.9. The number of non-ortho nitro benzene ring substituents is 1. The zero-order chi connectivity index (χ0) is 25.8. The van der Waals surface area contributed by atoms with Crippen LogP contribution in [0.2, 0.25) is 0 Å². The van der Waals surface area contributed by atoms with Crippen LogP contribution in [0.25, 0.3) is 6.08 Å². The van der Waals surface area contributed by atoms with E-state index in [1.807, 2.05) is 41.3 Å². The minimum Gasteiger partial charge on any atom is -0.351 e. The van der Waals surface area contributed by atoms with E-state index < -0.39 is 40.7 Å². The molecule has 184 valence electrons. The lowest BCUT2D eigenvalue weighted by Gasteiger charge is -2.36. The molecule has 0 aliphatic carbocycles. The number of halogens is 1. The molecule has 0 unspecified atom stereocenters. The summed E-state index contributed by atoms with van der Waals surface area (Å²) in [5, 5.41) is 13.8. The van der Waals surface area contributed by atoms with Crippen molar-refractivity contribution >= 4 is 62.5 Å². The van der Waals surface area contributed by atoms with E-state index in [1.165, 1.54) is 29.2 Å². The van der Waals surface area contributed by atoms with Crippen molar-refractivity contribution in [1.82, 2.24) is 0 Å². The number of hydrogen-bond donors (Lipinski definition) is 1. The zero-order valence-electron chi connectivity index (χ0n) is 19.2. The topological polar surface area (TPSA) is 113 Å². The highest BCUT2D eigenvalue weighted by Gasteiger charge is 2.64. The molecule has 0 bridgehead atoms. The fraction of sp³-hybridized carbons (Fsp3) is 0.148. The number of carbonyl (C=O) groups excluding carboxylic acids is 3. The van der Waals surface area contributed by atoms with Crippen LogP contribution in [-0.4, -0.2) is 34.7 Å². The Hall–Kier alpha value is -4.31. The van der Waals surface area contributed by atoms with E-state index in [-0.39, 0.29) is 11.6 Å². The van der Waals surface area contributed by atoms with Gasteiger partial charge in [0.2, 0.25) is 17.7 Å². The molecule has 4 atom stereocenters. The number of nitrogens with one attached hydrogen (secondary N) is 1. The van der Waals surface area contributed by atoms with Crippen LogP contribution in [0.15, 0.2) is 83.3 Å². The smallest absolute Gasteiger partial charge is 0.269 e. The molecule has 0 radical (unpaired) electrons. The Morgan fingerprint density at radius 2 is 1.59 bits per heavy atom. The molecule has 3 aliphatic rings. The molecule has 9 nitrogen and oxygen atoms in total. The van der Waals surface area contributed by atoms with Crippen molar-refractivity contribution in [3.63, 3.8) is 0 Å². The molecule has 3 aromatic rings. The van der Waals surface area contributed by atoms with E-state index in [2.05, 4.69) is 21.2 Å². The largest absolute Gasteiger partial charge is 0.351 e. The van der Waals surface area contributed by atoms with Gasteiger partial charge in [-0.05, 0) is 48.0 Å². The van der Waals surface area contributed by atoms with Gasteiger partial charge in [0.15, 0.2) is 0 Å². The zero-order valence-corrected chi connectivity index (χ0v) is 20.7. The number of fused-ring (bicyclic) bond motifs is 5. The summed E-state index contributed by atoms with van der Waals surface area (Å²) in [6.45, 7) is 0. The number of nitrogens with zero attached hydrogens (tertiary/aromatic N) is 3. The summed E-state index contributed by atoms with van der Waals surface area (Å²) in [5.74, 6) is -2.89. The summed E-state index contributed by atoms with van der Waals surface area (Å²) in [6.07, 6.45) is 3.81. The average Bonchev–Trinajstić information content (AvgIpc) is 3.38. The number of anilines is 3. The molecule has 3 heterocycles. The molecule has 0 saturated carbocycles. The maximum atomic E-state index is 13.8. The first-order valence-electron chi connectivity index (χ1n) is 11.6. The Morgan fingerprint density at radius 3 is 2.30 bits per heavy atom. The van der Waals surface area contributed by atoms with Crippen LogP contribution in [0.4, 0.5) is 22.7 Å². The lowest BCUT2D eigenvalue weighted by Crippen LogP contribution is -2.50. The second-order valence-corrected chi connectivity index (χ2v) is 10.0. The third kappa shape index (κ3) is 3.63. The van der Waals surface area contributed by atoms with Gasteiger partial charge in [-0.3, -0.25) is 24.5 Å². The van der Waals surface area contributed by atoms with Crippen LogP contribution in [0, 0.1) is 22.0 Å². The lowest BCUT2D eigenvalue weighted by atomic mass is 9.88. The van der Waals surface area contributed by atoms with Gasteiger partial charge in [0, 0.05) is 28.0 Å². The second kappa shape index (κ2) is 8.67. The van der Waals surface area contributed by atoms with Crippen LogP contribution < -0.4 is 15.1 Å². The summed E-state index contributed by atoms with van der Waals surface area (Å²) >= 11 is 3.37. The quantitative estimate of drug-likeness (QED) is 0.288. The second-order valence-electron chi connectivity index (χ2n) is 9.09. The molecule has 10 heteroatoms. The summed E-state index contributed by atoms with van der Waals surface area (Å²) in [4.78, 5) is 54.8. The van der Waals surface area contributed by atoms with Crippen molar-refractivity contribution in [2.24, 2.45) is 11.8 Å². The van der Waals surface area contributed by atoms with Gasteiger partial charge in [-0.15, -0.1) is 0 Å². The van der Waals surface area contributed by atoms with Crippen LogP contribution in [0.5, 0.6) is 0 Å². The molecule has 3 aromatic carbocycles. The normalized spacial score (nSPS) is 23.5. The first-order chi connectivity index (χ1) is 17.8. The monoisotopic (exact) mass is 558 g/mol. The van der Waals surface area contributed by atoms with E-state index in [0.29, 0.717) is 11.4 Å². The fourth-order valence-electron chi connectivity index (χ4n) is 5.54. The standard InChI is InChI=1S/C27H19BrN4O5/c28-16-6-10-18(11-7-16)30-26(34)22-21-14-5-15-3-1-2-4-20(15)31(21)24(23(22)27(30)35)25(33)29-17-8-12-19(13-9-17)32(36)37/h1-14,21-24H,(H,29,33)/t21-,22-,23-,24+/m1/s1. The highest BCUT2D eigenvalue weighted by Crippen LogP contribution is 2.49. The van der Waals surface area contributed by atoms with Gasteiger partial charge in [-0.2, -0.15) is 0 Å². The number of amides is 3. The van der Waals surface area contributed by atoms with Gasteiger partial charge < -0.3 is 10.2 Å². The summed E-state index contributed by atoms with van der Waals surface area (Å²) in [6, 6.07) is 18.5. The van der Waals surface area contributed by atoms with E-state index in [4.69, 9.17) is 0 Å². The van der Waals surface area contributed by atoms with Crippen molar-refractivity contribution in [2.75, 3.05) is 15.1 Å². The van der Waals surface area contributed by atoms with Crippen LogP contribution in [0.1, 0.15) is 5.56 Å². The third-order valence-corrected chi connectivity index (χ3v) is 7.64. The Labute approximate surface area is 219 Å². The third-order valence-electron chi connectivity index (χ3n) is 7.11. The summed E-state index contributed by atoms with van der Waals surface area (Å²) < 4.78 is 0.814. The van der Waals surface area contributed by atoms with Crippen molar-refractivity contribution in [3.05, 3.63) is 99.0 Å². The number of imide groups is 1. The molecule has 37 heavy (non-hydrogen) atoms. The molecule has 1 N–H and O–H groups in total. The minimum absolute atomic E-state index is 0.101. The predicted octanol–water partition coefficient (Wildman–Crippen LogP) is 4.39. The number of carbonyl (C=O) groups is 3. The van der Waals surface area contributed by atoms with Gasteiger partial charge >= 0.3 is 0 Å². The molecule has 6 rings (SSSR count). The molecule has 3 amide bonds. The van der Waals surface area contributed by atoms with Crippen molar-refractivity contribution < 1.29 is 19.3 Å². The number of hydrogen-bond acceptors (Lipinski definition) is 6. The molecule has 0 spiro atoms. The van der Waals surface area contributed by atoms with E-state index in [1.54, 1.807) is 24.3 Å². The maximum absolute atomic E-state index is 13.8. The fourth-order valence-corrected chi connectivity index (χ4v) is 5.81. The Balaban J connectivity index is 1.40. The summed E-state index contributed by atoms with van der Waals surface area (Å²) in [5.41, 5.74) is 2.36. The molecular formula is C27H19BrN4O5. The van der Waals surface area contributed by atoms with E-state index in [0.717, 1.165) is 15.7 Å². The Morgan fingerprint density at radius 1 is 0.919 bits per heavy atom. The summed E-state index contributed by atoms with van der Waals surface area (Å²) in [7, 11) is 0. The SMILES string of the molecule is O=C(Nc1ccc([N+](=O)[O-])cc1)[C@@H]1[C@@H]2C(=O)N(c3ccc(Br)cc3)C(=O)[C@@H]2[C@H]2C=Cc3ccccc3N21. The van der Waals surface area contributed by atoms with Gasteiger partial charge in [0.1, 0.15) is 6.04 Å². The first-order valence-corrected chi connectivity index (χ1v) is 12.4. The number of nitro benzene ring substituents is 1. The van der Waals surface area contributed by atoms with Crippen LogP contribution in [-0.2, 0) is 14.4 Å². The molecule has 2 saturated heterocycles. The first kappa shape index (κ1) is 23.1. The maximum Gasteiger partial charge on any atom is 0.269 e. The lowest BCUT2D eigenvalue weighted by molar-refractivity contribution is -0.384. The van der Waals surface area contributed by atoms with E-state index in [9.17, 15) is 24.5 Å². The van der Waals surface area contributed by atoms with Crippen LogP contribution in [0.3, 0.4) is 0 Å². The number of nitro groups is 1. The average molecular weight is 559 g/mol. The van der Waals surface area contributed by atoms with Gasteiger partial charge in [-0.25, -0.2) is 4.90 Å². The number of benzene rings is 3. The van der Waals surface area contributed by atoms with Crippen LogP contribution >= 0.6 is 15.9 Å². The molecular weight excluding hydrogens is 540 g/mol. The Bertz CT molecular complexity index is 1490. The van der Waals surface area contributed by atoms with Crippen molar-refractivity contribution in [2.45, 2.75) is 12.1 Å².